The summed E-state index contributed by atoms with van der Waals surface area (Å²) in [6.07, 6.45) is 25.7. The largest absolute Gasteiger partial charge is 0.463 e. The Balaban J connectivity index is 0.000000118. The van der Waals surface area contributed by atoms with Gasteiger partial charge in [0.2, 0.25) is 0 Å². The molecule has 8 aromatic rings. The van der Waals surface area contributed by atoms with Crippen LogP contribution in [0, 0.1) is 11.8 Å². The highest BCUT2D eigenvalue weighted by Crippen LogP contribution is 2.53. The zero-order valence-electron chi connectivity index (χ0n) is 72.6. The van der Waals surface area contributed by atoms with Crippen LogP contribution in [0.2, 0.25) is 0 Å². The van der Waals surface area contributed by atoms with Gasteiger partial charge in [0.05, 0.1) is 58.0 Å². The van der Waals surface area contributed by atoms with Crippen molar-refractivity contribution >= 4 is 64.0 Å². The standard InChI is InChI=1S/C25H32N6O.C23H30N6O3.C23H30N6O2.C22H30N6O2/c1-16-8-22-23(26)28-25(32-21-11-18-10-19(18)12-21)29-24(22)31(13-16)14-17-4-5-27-20(9-17)15-30-6-2-3-7-30;1-16-11-19-21(24)26-23(32-15-18-3-2-8-31-18)27-22(19)29(13-16)14-17-4-5-25-20(12-17)28-6-9-30-10-7-28;1-16-12-19-21(24)26-23(31-18-4-2-3-5-18)27-22(19)29(14-16)15-17-6-7-25-20(13-17)28-8-10-30-11-9-28;1-3-4-9-30-22-25-20(23)18-12-16(2)14-28(21(18)26-22)15-17-5-6-24-19(13-17)27-7-10-29-11-8-27/h4-5,9,18-19,21H,1-3,6-8,10-15H2,(H2,26,28,29);4-5,12,18H,1-3,6-11,13-15H2,(H2,24,26,27);6-7,13,18H,1-5,8-12,14-15H2,(H2,24,26,27);5-6,13H,2-4,7-12,14-15H2,1H3,(H2,23,25,26)/t18-,19+,21?;;;. The lowest BCUT2D eigenvalue weighted by Crippen LogP contribution is -2.37. The first-order valence-corrected chi connectivity index (χ1v) is 45.1. The molecule has 32 nitrogen and oxygen atoms in total. The predicted octanol–water partition coefficient (Wildman–Crippen LogP) is 10.6. The number of ether oxygens (including phenoxy) is 8. The summed E-state index contributed by atoms with van der Waals surface area (Å²) >= 11 is 0. The van der Waals surface area contributed by atoms with Gasteiger partial charge in [0.1, 0.15) is 82.8 Å². The molecule has 0 radical (unpaired) electrons. The van der Waals surface area contributed by atoms with Crippen molar-refractivity contribution < 1.29 is 37.9 Å². The molecule has 2 unspecified atom stereocenters. The first-order valence-electron chi connectivity index (χ1n) is 45.1. The molecule has 125 heavy (non-hydrogen) atoms. The van der Waals surface area contributed by atoms with E-state index >= 15 is 0 Å². The summed E-state index contributed by atoms with van der Waals surface area (Å²) in [6.45, 7) is 39.4. The second-order valence-electron chi connectivity index (χ2n) is 35.0. The van der Waals surface area contributed by atoms with Crippen molar-refractivity contribution in [3.63, 3.8) is 0 Å². The van der Waals surface area contributed by atoms with Crippen molar-refractivity contribution in [3.8, 4) is 24.0 Å². The topological polar surface area (TPSA) is 359 Å². The fourth-order valence-corrected chi connectivity index (χ4v) is 18.6. The molecule has 5 saturated heterocycles. The summed E-state index contributed by atoms with van der Waals surface area (Å²) in [5.74, 6) is 10.0. The monoisotopic (exact) mass is 1700 g/mol. The molecular formula is C93H122N24O8. The fourth-order valence-electron chi connectivity index (χ4n) is 18.6. The number of hydrogen-bond acceptors (Lipinski definition) is 32. The summed E-state index contributed by atoms with van der Waals surface area (Å²) in [6, 6.07) is 18.4. The third-order valence-corrected chi connectivity index (χ3v) is 25.1. The van der Waals surface area contributed by atoms with Gasteiger partial charge in [0.25, 0.3) is 0 Å². The first-order chi connectivity index (χ1) is 61.0. The van der Waals surface area contributed by atoms with Crippen molar-refractivity contribution in [2.24, 2.45) is 11.8 Å². The second-order valence-corrected chi connectivity index (χ2v) is 35.0. The number of rotatable bonds is 24. The van der Waals surface area contributed by atoms with Gasteiger partial charge >= 0.3 is 24.0 Å². The normalized spacial score (nSPS) is 21.0. The Hall–Kier alpha value is -11.3. The van der Waals surface area contributed by atoms with Gasteiger partial charge < -0.3 is 95.1 Å². The summed E-state index contributed by atoms with van der Waals surface area (Å²) in [5, 5.41) is 0. The van der Waals surface area contributed by atoms with Crippen LogP contribution in [-0.4, -0.2) is 221 Å². The summed E-state index contributed by atoms with van der Waals surface area (Å²) < 4.78 is 45.9. The van der Waals surface area contributed by atoms with E-state index in [9.17, 15) is 0 Å². The summed E-state index contributed by atoms with van der Waals surface area (Å²) in [7, 11) is 0. The maximum Gasteiger partial charge on any atom is 0.320 e. The maximum absolute atomic E-state index is 6.37. The van der Waals surface area contributed by atoms with E-state index in [2.05, 4.69) is 149 Å². The smallest absolute Gasteiger partial charge is 0.320 e. The molecule has 20 rings (SSSR count). The molecule has 3 saturated carbocycles. The molecular weight excluding hydrogens is 1580 g/mol. The number of hydrogen-bond donors (Lipinski definition) is 4. The Morgan fingerprint density at radius 2 is 0.784 bits per heavy atom. The van der Waals surface area contributed by atoms with Crippen LogP contribution in [0.5, 0.6) is 24.0 Å². The van der Waals surface area contributed by atoms with Gasteiger partial charge in [-0.05, 0) is 173 Å². The van der Waals surface area contributed by atoms with Crippen LogP contribution in [-0.2, 0) is 77.4 Å². The molecule has 8 aromatic heterocycles. The second kappa shape index (κ2) is 40.3. The van der Waals surface area contributed by atoms with E-state index in [1.54, 1.807) is 0 Å². The predicted molar refractivity (Wildman–Crippen MR) is 485 cm³/mol. The molecule has 32 heteroatoms. The number of unbranched alkanes of at least 4 members (excludes halogenated alkanes) is 1. The third kappa shape index (κ3) is 22.1. The number of likely N-dealkylation sites (tertiary alicyclic amines) is 1. The van der Waals surface area contributed by atoms with E-state index in [0.29, 0.717) is 106 Å². The lowest BCUT2D eigenvalue weighted by Gasteiger charge is -2.32. The summed E-state index contributed by atoms with van der Waals surface area (Å²) in [5.41, 5.74) is 39.3. The van der Waals surface area contributed by atoms with Gasteiger partial charge in [0.15, 0.2) is 0 Å². The van der Waals surface area contributed by atoms with Crippen LogP contribution >= 0.6 is 0 Å². The first kappa shape index (κ1) is 85.8. The Morgan fingerprint density at radius 1 is 0.400 bits per heavy atom. The van der Waals surface area contributed by atoms with Crippen LogP contribution in [0.15, 0.2) is 122 Å². The van der Waals surface area contributed by atoms with Crippen LogP contribution in [0.25, 0.3) is 0 Å². The quantitative estimate of drug-likeness (QED) is 0.0322. The van der Waals surface area contributed by atoms with E-state index < -0.39 is 0 Å². The van der Waals surface area contributed by atoms with E-state index in [0.717, 1.165) is 290 Å². The molecule has 17 heterocycles. The number of nitrogen functional groups attached to an aromatic ring is 4. The molecule has 9 aliphatic heterocycles. The molecule has 0 amide bonds. The molecule has 0 bridgehead atoms. The van der Waals surface area contributed by atoms with Gasteiger partial charge in [-0.2, -0.15) is 39.9 Å². The average Bonchev–Trinajstić information content (AvgIpc) is 1.64. The van der Waals surface area contributed by atoms with E-state index in [1.165, 1.54) is 56.3 Å². The molecule has 0 aromatic carbocycles. The van der Waals surface area contributed by atoms with Crippen LogP contribution in [0.1, 0.15) is 141 Å². The molecule has 0 spiro atoms. The molecule has 8 fully saturated rings. The van der Waals surface area contributed by atoms with E-state index in [4.69, 9.17) is 80.8 Å². The van der Waals surface area contributed by atoms with Crippen LogP contribution in [0.4, 0.5) is 64.0 Å². The number of fused-ring (bicyclic) bond motifs is 5. The maximum atomic E-state index is 6.37. The Morgan fingerprint density at radius 3 is 1.19 bits per heavy atom. The third-order valence-electron chi connectivity index (χ3n) is 25.1. The van der Waals surface area contributed by atoms with Crippen molar-refractivity contribution in [2.75, 3.05) is 195 Å². The van der Waals surface area contributed by atoms with Crippen molar-refractivity contribution in [2.45, 2.75) is 167 Å². The lowest BCUT2D eigenvalue weighted by atomic mass is 10.0. The van der Waals surface area contributed by atoms with Gasteiger partial charge in [-0.3, -0.25) is 9.88 Å². The van der Waals surface area contributed by atoms with E-state index in [-0.39, 0.29) is 18.3 Å². The number of nitrogens with two attached hydrogens (primary N) is 4. The highest BCUT2D eigenvalue weighted by atomic mass is 16.5. The SMILES string of the molecule is C=C1Cc2c(N)nc(OC3CCCC3)nc2N(Cc2ccnc(N3CCOCC3)c2)C1.C=C1Cc2c(N)nc(OC3C[C@@H]4C[C@@H]4C3)nc2N(Cc2ccnc(CN3CCCC3)c2)C1.C=C1Cc2c(N)nc(OCC3CCCO3)nc2N(Cc2ccnc(N3CCOCC3)c2)C1.C=C1Cc2c(N)nc(OCCCC)nc2N(Cc2ccnc(N3CCOCC3)c2)C1. The van der Waals surface area contributed by atoms with Crippen LogP contribution in [0.3, 0.4) is 0 Å². The van der Waals surface area contributed by atoms with Gasteiger partial charge in [-0.1, -0.05) is 62.0 Å². The van der Waals surface area contributed by atoms with Gasteiger partial charge in [-0.25, -0.2) is 15.0 Å². The van der Waals surface area contributed by atoms with Gasteiger partial charge in [0, 0.05) is 178 Å². The summed E-state index contributed by atoms with van der Waals surface area (Å²) in [4.78, 5) is 73.2. The number of aromatic nitrogens is 12. The molecule has 3 aliphatic carbocycles. The Kier molecular flexibility index (Phi) is 27.7. The Labute approximate surface area is 733 Å². The molecule has 8 N–H and O–H groups in total. The zero-order valence-corrected chi connectivity index (χ0v) is 72.6. The highest BCUT2D eigenvalue weighted by Gasteiger charge is 2.47. The van der Waals surface area contributed by atoms with Gasteiger partial charge in [-0.15, -0.1) is 0 Å². The lowest BCUT2D eigenvalue weighted by molar-refractivity contribution is 0.0646. The van der Waals surface area contributed by atoms with Crippen molar-refractivity contribution in [1.82, 2.24) is 64.7 Å². The van der Waals surface area contributed by atoms with Crippen molar-refractivity contribution in [1.29, 1.82) is 0 Å². The average molecular weight is 1700 g/mol. The zero-order chi connectivity index (χ0) is 85.7. The van der Waals surface area contributed by atoms with Crippen LogP contribution < -0.4 is 76.2 Å². The highest BCUT2D eigenvalue weighted by molar-refractivity contribution is 5.67. The molecule has 12 aliphatic rings. The number of nitrogens with zero attached hydrogens (tertiary/aromatic N) is 20. The minimum atomic E-state index is 0.0992. The molecule has 4 atom stereocenters. The number of anilines is 11. The minimum absolute atomic E-state index is 0.0992. The minimum Gasteiger partial charge on any atom is -0.463 e. The Bertz CT molecular complexity index is 5090. The van der Waals surface area contributed by atoms with E-state index in [1.807, 2.05) is 36.9 Å². The number of morpholine rings is 3. The molecule has 662 valence electrons. The van der Waals surface area contributed by atoms with Crippen molar-refractivity contribution in [3.05, 3.63) is 172 Å². The number of pyridine rings is 4. The fraction of sp³-hybridized carbons (Fsp3) is 0.527.